The Morgan fingerprint density at radius 3 is 3.08 bits per heavy atom. The van der Waals surface area contributed by atoms with E-state index < -0.39 is 5.97 Å². The molecule has 0 aliphatic carbocycles. The summed E-state index contributed by atoms with van der Waals surface area (Å²) in [5, 5.41) is 9.03. The van der Waals surface area contributed by atoms with E-state index in [1.54, 1.807) is 0 Å². The number of likely N-dealkylation sites (tertiary alicyclic amines) is 1. The molecule has 0 radical (unpaired) electrons. The van der Waals surface area contributed by atoms with Crippen molar-refractivity contribution >= 4 is 17.7 Å². The third kappa shape index (κ3) is 1.57. The molecule has 2 fully saturated rings. The number of rotatable bonds is 1. The Morgan fingerprint density at radius 2 is 2.38 bits per heavy atom. The number of fused-ring (bicyclic) bond motifs is 1. The second kappa shape index (κ2) is 3.50. The van der Waals surface area contributed by atoms with Crippen molar-refractivity contribution in [3.05, 3.63) is 0 Å². The fourth-order valence-corrected chi connectivity index (χ4v) is 3.82. The highest BCUT2D eigenvalue weighted by atomic mass is 32.2. The predicted octanol–water partition coefficient (Wildman–Crippen LogP) is 0.754. The summed E-state index contributed by atoms with van der Waals surface area (Å²) in [4.78, 5) is 13.2. The van der Waals surface area contributed by atoms with Crippen LogP contribution in [0.4, 0.5) is 0 Å². The molecule has 2 aliphatic heterocycles. The third-order valence-electron chi connectivity index (χ3n) is 3.25. The minimum absolute atomic E-state index is 0.122. The van der Waals surface area contributed by atoms with Crippen LogP contribution in [0.5, 0.6) is 0 Å². The molecule has 2 aliphatic rings. The van der Waals surface area contributed by atoms with Crippen molar-refractivity contribution in [3.8, 4) is 0 Å². The van der Waals surface area contributed by atoms with Gasteiger partial charge in [0.1, 0.15) is 0 Å². The molecule has 0 spiro atoms. The minimum atomic E-state index is -0.609. The molecular weight excluding hydrogens is 186 g/mol. The molecule has 0 aromatic carbocycles. The first kappa shape index (κ1) is 9.34. The van der Waals surface area contributed by atoms with Crippen molar-refractivity contribution < 1.29 is 9.90 Å². The molecule has 2 heterocycles. The fraction of sp³-hybridized carbons (Fsp3) is 0.889. The summed E-state index contributed by atoms with van der Waals surface area (Å²) in [6, 6.07) is 0.530. The van der Waals surface area contributed by atoms with Crippen LogP contribution in [0, 0.1) is 11.8 Å². The molecule has 3 atom stereocenters. The monoisotopic (exact) mass is 201 g/mol. The van der Waals surface area contributed by atoms with Gasteiger partial charge in [-0.25, -0.2) is 0 Å². The van der Waals surface area contributed by atoms with Gasteiger partial charge in [0, 0.05) is 12.6 Å². The van der Waals surface area contributed by atoms with E-state index in [-0.39, 0.29) is 5.92 Å². The second-order valence-corrected chi connectivity index (χ2v) is 5.13. The lowest BCUT2D eigenvalue weighted by molar-refractivity contribution is -0.142. The van der Waals surface area contributed by atoms with Crippen LogP contribution in [0.25, 0.3) is 0 Å². The first-order chi connectivity index (χ1) is 6.20. The van der Waals surface area contributed by atoms with E-state index in [2.05, 4.69) is 11.9 Å². The number of nitrogens with zero attached hydrogens (tertiary/aromatic N) is 1. The Hall–Kier alpha value is -0.220. The molecule has 3 nitrogen and oxygen atoms in total. The van der Waals surface area contributed by atoms with E-state index in [0.29, 0.717) is 12.0 Å². The first-order valence-electron chi connectivity index (χ1n) is 4.71. The van der Waals surface area contributed by atoms with Gasteiger partial charge in [0.05, 0.1) is 5.92 Å². The number of carbonyl (C=O) groups is 1. The molecule has 2 rings (SSSR count). The average Bonchev–Trinajstić information content (AvgIpc) is 2.45. The number of carboxylic acids is 1. The van der Waals surface area contributed by atoms with Crippen molar-refractivity contribution in [3.63, 3.8) is 0 Å². The highest BCUT2D eigenvalue weighted by molar-refractivity contribution is 7.99. The van der Waals surface area contributed by atoms with Crippen molar-refractivity contribution in [2.75, 3.05) is 25.1 Å². The van der Waals surface area contributed by atoms with Crippen LogP contribution in [0.1, 0.15) is 6.42 Å². The number of carboxylic acid groups (broad SMARTS) is 1. The van der Waals surface area contributed by atoms with Crippen molar-refractivity contribution in [2.24, 2.45) is 11.8 Å². The van der Waals surface area contributed by atoms with Gasteiger partial charge in [0.15, 0.2) is 0 Å². The van der Waals surface area contributed by atoms with Gasteiger partial charge in [-0.3, -0.25) is 4.79 Å². The summed E-state index contributed by atoms with van der Waals surface area (Å²) in [5.41, 5.74) is 0. The summed E-state index contributed by atoms with van der Waals surface area (Å²) in [7, 11) is 2.05. The Labute approximate surface area is 82.5 Å². The van der Waals surface area contributed by atoms with Crippen LogP contribution < -0.4 is 0 Å². The molecule has 4 heteroatoms. The number of hydrogen-bond donors (Lipinski definition) is 1. The van der Waals surface area contributed by atoms with E-state index in [1.807, 2.05) is 11.8 Å². The summed E-state index contributed by atoms with van der Waals surface area (Å²) < 4.78 is 0. The number of aliphatic carboxylic acids is 1. The second-order valence-electron chi connectivity index (χ2n) is 3.98. The first-order valence-corrected chi connectivity index (χ1v) is 5.86. The lowest BCUT2D eigenvalue weighted by Crippen LogP contribution is -2.35. The summed E-state index contributed by atoms with van der Waals surface area (Å²) >= 11 is 1.90. The Balaban J connectivity index is 2.12. The topological polar surface area (TPSA) is 40.5 Å². The quantitative estimate of drug-likeness (QED) is 0.680. The van der Waals surface area contributed by atoms with E-state index in [9.17, 15) is 4.79 Å². The SMILES string of the molecule is CN1CC(C(=O)O)C2CSCCC21. The molecule has 74 valence electrons. The molecule has 2 saturated heterocycles. The lowest BCUT2D eigenvalue weighted by atomic mass is 9.91. The molecule has 0 aromatic rings. The highest BCUT2D eigenvalue weighted by Gasteiger charge is 2.44. The maximum Gasteiger partial charge on any atom is 0.308 e. The Morgan fingerprint density at radius 1 is 1.62 bits per heavy atom. The van der Waals surface area contributed by atoms with Gasteiger partial charge < -0.3 is 10.0 Å². The predicted molar refractivity (Wildman–Crippen MR) is 53.0 cm³/mol. The van der Waals surface area contributed by atoms with Gasteiger partial charge in [-0.05, 0) is 30.9 Å². The summed E-state index contributed by atoms with van der Waals surface area (Å²) in [6.07, 6.45) is 1.16. The van der Waals surface area contributed by atoms with Crippen LogP contribution in [-0.2, 0) is 4.79 Å². The maximum absolute atomic E-state index is 11.0. The average molecular weight is 201 g/mol. The van der Waals surface area contributed by atoms with Gasteiger partial charge >= 0.3 is 5.97 Å². The van der Waals surface area contributed by atoms with E-state index >= 15 is 0 Å². The lowest BCUT2D eigenvalue weighted by Gasteiger charge is -2.29. The molecule has 3 unspecified atom stereocenters. The molecule has 0 amide bonds. The van der Waals surface area contributed by atoms with E-state index in [4.69, 9.17) is 5.11 Å². The third-order valence-corrected chi connectivity index (χ3v) is 4.39. The van der Waals surface area contributed by atoms with Crippen LogP contribution in [-0.4, -0.2) is 47.1 Å². The van der Waals surface area contributed by atoms with Crippen LogP contribution in [0.2, 0.25) is 0 Å². The van der Waals surface area contributed by atoms with E-state index in [1.165, 1.54) is 5.75 Å². The highest BCUT2D eigenvalue weighted by Crippen LogP contribution is 2.37. The van der Waals surface area contributed by atoms with Crippen molar-refractivity contribution in [2.45, 2.75) is 12.5 Å². The van der Waals surface area contributed by atoms with Gasteiger partial charge in [0.2, 0.25) is 0 Å². The van der Waals surface area contributed by atoms with Gasteiger partial charge in [-0.1, -0.05) is 0 Å². The fourth-order valence-electron chi connectivity index (χ4n) is 2.52. The Kier molecular flexibility index (Phi) is 2.51. The summed E-state index contributed by atoms with van der Waals surface area (Å²) in [6.45, 7) is 0.741. The normalized spacial score (nSPS) is 40.2. The Bertz CT molecular complexity index is 222. The van der Waals surface area contributed by atoms with Crippen LogP contribution in [0.3, 0.4) is 0 Å². The molecule has 13 heavy (non-hydrogen) atoms. The van der Waals surface area contributed by atoms with E-state index in [0.717, 1.165) is 18.7 Å². The number of thioether (sulfide) groups is 1. The zero-order valence-corrected chi connectivity index (χ0v) is 8.59. The smallest absolute Gasteiger partial charge is 0.308 e. The zero-order chi connectivity index (χ0) is 9.42. The molecule has 0 aromatic heterocycles. The van der Waals surface area contributed by atoms with Crippen LogP contribution in [0.15, 0.2) is 0 Å². The maximum atomic E-state index is 11.0. The van der Waals surface area contributed by atoms with Gasteiger partial charge in [-0.2, -0.15) is 11.8 Å². The van der Waals surface area contributed by atoms with Crippen molar-refractivity contribution in [1.82, 2.24) is 4.90 Å². The molecular formula is C9H15NO2S. The molecule has 1 N–H and O–H groups in total. The van der Waals surface area contributed by atoms with Crippen molar-refractivity contribution in [1.29, 1.82) is 0 Å². The van der Waals surface area contributed by atoms with Crippen LogP contribution >= 0.6 is 11.8 Å². The zero-order valence-electron chi connectivity index (χ0n) is 7.77. The minimum Gasteiger partial charge on any atom is -0.481 e. The molecule has 0 bridgehead atoms. The summed E-state index contributed by atoms with van der Waals surface area (Å²) in [5.74, 6) is 1.88. The number of hydrogen-bond acceptors (Lipinski definition) is 3. The van der Waals surface area contributed by atoms with Gasteiger partial charge in [0.25, 0.3) is 0 Å². The van der Waals surface area contributed by atoms with Gasteiger partial charge in [-0.15, -0.1) is 0 Å². The molecule has 0 saturated carbocycles. The standard InChI is InChI=1S/C9H15NO2S/c1-10-4-6(9(11)12)7-5-13-3-2-8(7)10/h6-8H,2-5H2,1H3,(H,11,12). The largest absolute Gasteiger partial charge is 0.481 e.